The Bertz CT molecular complexity index is 817. The summed E-state index contributed by atoms with van der Waals surface area (Å²) in [5.41, 5.74) is 6.92. The topological polar surface area (TPSA) is 85.1 Å². The van der Waals surface area contributed by atoms with Crippen LogP contribution < -0.4 is 10.5 Å². The van der Waals surface area contributed by atoms with Crippen LogP contribution in [0.5, 0.6) is 0 Å². The molecule has 24 heavy (non-hydrogen) atoms. The van der Waals surface area contributed by atoms with Crippen LogP contribution in [-0.4, -0.2) is 25.5 Å². The maximum absolute atomic E-state index is 12.8. The van der Waals surface area contributed by atoms with E-state index < -0.39 is 15.6 Å². The summed E-state index contributed by atoms with van der Waals surface area (Å²) in [7, 11) is -3.50. The number of sulfonamides is 1. The predicted molar refractivity (Wildman–Crippen MR) is 96.9 cm³/mol. The number of hydrogen-bond donors (Lipinski definition) is 2. The molecule has 0 saturated heterocycles. The number of nitrogens with zero attached hydrogens (tertiary/aromatic N) is 1. The lowest BCUT2D eigenvalue weighted by atomic mass is 9.74. The third kappa shape index (κ3) is 3.45. The van der Waals surface area contributed by atoms with E-state index in [1.54, 1.807) is 6.20 Å². The average Bonchev–Trinajstić information content (AvgIpc) is 2.57. The maximum atomic E-state index is 12.8. The minimum atomic E-state index is -3.50. The number of para-hydroxylation sites is 1. The largest absolute Gasteiger partial charge is 0.329 e. The molecule has 3 rings (SSSR count). The number of fused-ring (bicyclic) bond motifs is 1. The van der Waals surface area contributed by atoms with E-state index in [1.165, 1.54) is 0 Å². The van der Waals surface area contributed by atoms with Gasteiger partial charge in [-0.3, -0.25) is 4.98 Å². The predicted octanol–water partition coefficient (Wildman–Crippen LogP) is 2.56. The lowest BCUT2D eigenvalue weighted by molar-refractivity contribution is 0.191. The molecule has 2 atom stereocenters. The monoisotopic (exact) mass is 347 g/mol. The van der Waals surface area contributed by atoms with Crippen molar-refractivity contribution in [2.75, 3.05) is 6.54 Å². The fourth-order valence-corrected chi connectivity index (χ4v) is 5.47. The van der Waals surface area contributed by atoms with Crippen LogP contribution in [0.1, 0.15) is 38.2 Å². The van der Waals surface area contributed by atoms with E-state index in [9.17, 15) is 8.42 Å². The van der Waals surface area contributed by atoms with Crippen LogP contribution in [0.15, 0.2) is 36.5 Å². The fraction of sp³-hybridized carbons (Fsp3) is 0.500. The molecular formula is C18H25N3O2S. The van der Waals surface area contributed by atoms with Crippen LogP contribution >= 0.6 is 0 Å². The molecule has 1 aromatic carbocycles. The molecule has 0 spiro atoms. The van der Waals surface area contributed by atoms with Gasteiger partial charge in [-0.15, -0.1) is 0 Å². The Morgan fingerprint density at radius 1 is 1.29 bits per heavy atom. The zero-order valence-electron chi connectivity index (χ0n) is 14.0. The van der Waals surface area contributed by atoms with Gasteiger partial charge in [-0.1, -0.05) is 44.0 Å². The molecule has 130 valence electrons. The highest BCUT2D eigenvalue weighted by Crippen LogP contribution is 2.34. The van der Waals surface area contributed by atoms with Crippen molar-refractivity contribution in [1.82, 2.24) is 9.71 Å². The van der Waals surface area contributed by atoms with E-state index in [0.29, 0.717) is 6.54 Å². The van der Waals surface area contributed by atoms with Gasteiger partial charge in [-0.25, -0.2) is 13.1 Å². The number of pyridine rings is 1. The summed E-state index contributed by atoms with van der Waals surface area (Å²) in [6, 6.07) is 9.43. The van der Waals surface area contributed by atoms with Crippen molar-refractivity contribution in [3.8, 4) is 0 Å². The molecule has 6 heteroatoms. The molecule has 1 saturated carbocycles. The van der Waals surface area contributed by atoms with Gasteiger partial charge in [0.05, 0.1) is 11.3 Å². The van der Waals surface area contributed by atoms with E-state index in [4.69, 9.17) is 5.73 Å². The molecular weight excluding hydrogens is 322 g/mol. The summed E-state index contributed by atoms with van der Waals surface area (Å²) in [5.74, 6) is 0.173. The van der Waals surface area contributed by atoms with Crippen molar-refractivity contribution < 1.29 is 8.42 Å². The van der Waals surface area contributed by atoms with E-state index in [-0.39, 0.29) is 11.7 Å². The van der Waals surface area contributed by atoms with E-state index >= 15 is 0 Å². The zero-order chi connectivity index (χ0) is 17.2. The lowest BCUT2D eigenvalue weighted by Gasteiger charge is -2.42. The first-order valence-corrected chi connectivity index (χ1v) is 10.2. The molecule has 1 fully saturated rings. The smallest absolute Gasteiger partial charge is 0.216 e. The molecule has 0 bridgehead atoms. The Balaban J connectivity index is 1.88. The Labute approximate surface area is 143 Å². The van der Waals surface area contributed by atoms with Gasteiger partial charge >= 0.3 is 0 Å². The third-order valence-electron chi connectivity index (χ3n) is 5.24. The van der Waals surface area contributed by atoms with E-state index in [2.05, 4.69) is 16.6 Å². The van der Waals surface area contributed by atoms with Crippen LogP contribution in [0.25, 0.3) is 10.9 Å². The van der Waals surface area contributed by atoms with Gasteiger partial charge < -0.3 is 5.73 Å². The maximum Gasteiger partial charge on any atom is 0.216 e. The van der Waals surface area contributed by atoms with E-state index in [1.807, 2.05) is 30.3 Å². The van der Waals surface area contributed by atoms with Crippen molar-refractivity contribution in [1.29, 1.82) is 0 Å². The zero-order valence-corrected chi connectivity index (χ0v) is 14.8. The second kappa shape index (κ2) is 6.78. The third-order valence-corrected chi connectivity index (χ3v) is 6.65. The highest BCUT2D eigenvalue weighted by atomic mass is 32.2. The van der Waals surface area contributed by atoms with Crippen molar-refractivity contribution in [3.05, 3.63) is 42.1 Å². The van der Waals surface area contributed by atoms with Gasteiger partial charge in [0.2, 0.25) is 10.0 Å². The first-order valence-electron chi connectivity index (χ1n) is 8.50. The molecule has 1 heterocycles. The number of nitrogens with one attached hydrogen (secondary N) is 1. The van der Waals surface area contributed by atoms with Gasteiger partial charge in [-0.2, -0.15) is 0 Å². The summed E-state index contributed by atoms with van der Waals surface area (Å²) in [5, 5.41) is 0.949. The normalized spacial score (nSPS) is 25.0. The minimum Gasteiger partial charge on any atom is -0.329 e. The van der Waals surface area contributed by atoms with Crippen LogP contribution in [-0.2, 0) is 15.8 Å². The summed E-state index contributed by atoms with van der Waals surface area (Å²) in [6.07, 6.45) is 5.65. The fourth-order valence-electron chi connectivity index (χ4n) is 3.74. The molecule has 1 aliphatic carbocycles. The number of hydrogen-bond acceptors (Lipinski definition) is 4. The van der Waals surface area contributed by atoms with Crippen molar-refractivity contribution in [2.24, 2.45) is 11.7 Å². The number of benzene rings is 1. The molecule has 1 aromatic heterocycles. The molecule has 1 aliphatic rings. The highest BCUT2D eigenvalue weighted by molar-refractivity contribution is 7.88. The molecule has 3 N–H and O–H groups in total. The number of aromatic nitrogens is 1. The average molecular weight is 347 g/mol. The summed E-state index contributed by atoms with van der Waals surface area (Å²) in [4.78, 5) is 4.35. The Hall–Kier alpha value is -1.50. The highest BCUT2D eigenvalue weighted by Gasteiger charge is 2.40. The van der Waals surface area contributed by atoms with Gasteiger partial charge in [0, 0.05) is 23.7 Å². The van der Waals surface area contributed by atoms with Gasteiger partial charge in [0.1, 0.15) is 0 Å². The van der Waals surface area contributed by atoms with Gasteiger partial charge in [0.25, 0.3) is 0 Å². The minimum absolute atomic E-state index is 0.0736. The SMILES string of the molecule is CC1CCCCC1(CN)NS(=O)(=O)Cc1cccc2cccnc12. The van der Waals surface area contributed by atoms with Gasteiger partial charge in [-0.05, 0) is 30.4 Å². The van der Waals surface area contributed by atoms with Crippen molar-refractivity contribution in [3.63, 3.8) is 0 Å². The standard InChI is InChI=1S/C18H25N3O2S/c1-14-6-2-3-10-18(14,13-19)21-24(22,23)12-16-8-4-7-15-9-5-11-20-17(15)16/h4-5,7-9,11,14,21H,2-3,6,10,12-13,19H2,1H3. The first-order chi connectivity index (χ1) is 11.5. The Morgan fingerprint density at radius 3 is 2.83 bits per heavy atom. The van der Waals surface area contributed by atoms with Crippen LogP contribution in [0, 0.1) is 5.92 Å². The summed E-state index contributed by atoms with van der Waals surface area (Å²) < 4.78 is 28.6. The molecule has 0 aliphatic heterocycles. The van der Waals surface area contributed by atoms with Crippen LogP contribution in [0.4, 0.5) is 0 Å². The molecule has 2 aromatic rings. The van der Waals surface area contributed by atoms with Crippen molar-refractivity contribution in [2.45, 2.75) is 43.9 Å². The van der Waals surface area contributed by atoms with Crippen LogP contribution in [0.3, 0.4) is 0 Å². The second-order valence-electron chi connectivity index (χ2n) is 6.86. The molecule has 2 unspecified atom stereocenters. The quantitative estimate of drug-likeness (QED) is 0.870. The van der Waals surface area contributed by atoms with Crippen molar-refractivity contribution >= 4 is 20.9 Å². The van der Waals surface area contributed by atoms with Gasteiger partial charge in [0.15, 0.2) is 0 Å². The summed E-state index contributed by atoms with van der Waals surface area (Å²) in [6.45, 7) is 2.43. The molecule has 5 nitrogen and oxygen atoms in total. The van der Waals surface area contributed by atoms with Crippen LogP contribution in [0.2, 0.25) is 0 Å². The number of nitrogens with two attached hydrogens (primary N) is 1. The number of rotatable bonds is 5. The Kier molecular flexibility index (Phi) is 4.90. The molecule has 0 amide bonds. The lowest BCUT2D eigenvalue weighted by Crippen LogP contribution is -2.59. The Morgan fingerprint density at radius 2 is 2.08 bits per heavy atom. The molecule has 0 radical (unpaired) electrons. The first kappa shape index (κ1) is 17.3. The van der Waals surface area contributed by atoms with E-state index in [0.717, 1.165) is 42.1 Å². The summed E-state index contributed by atoms with van der Waals surface area (Å²) >= 11 is 0. The second-order valence-corrected chi connectivity index (χ2v) is 8.58.